The molecule has 2 unspecified atom stereocenters. The van der Waals surface area contributed by atoms with Gasteiger partial charge in [-0.05, 0) is 31.4 Å². The van der Waals surface area contributed by atoms with Crippen LogP contribution in [0.1, 0.15) is 25.3 Å². The lowest BCUT2D eigenvalue weighted by Gasteiger charge is -2.38. The second-order valence-electron chi connectivity index (χ2n) is 5.65. The van der Waals surface area contributed by atoms with Crippen molar-refractivity contribution in [2.75, 3.05) is 13.1 Å². The Morgan fingerprint density at radius 3 is 2.71 bits per heavy atom. The third kappa shape index (κ3) is 4.61. The van der Waals surface area contributed by atoms with Gasteiger partial charge in [0.1, 0.15) is 5.75 Å². The first-order chi connectivity index (χ1) is 9.89. The fourth-order valence-corrected chi connectivity index (χ4v) is 2.83. The van der Waals surface area contributed by atoms with Crippen LogP contribution in [0.25, 0.3) is 0 Å². The maximum atomic E-state index is 12.4. The summed E-state index contributed by atoms with van der Waals surface area (Å²) in [5, 5.41) is 0. The molecule has 0 saturated carbocycles. The molecular formula is C15H21F3N2O. The Balaban J connectivity index is 2.11. The van der Waals surface area contributed by atoms with E-state index in [4.69, 9.17) is 5.73 Å². The van der Waals surface area contributed by atoms with Gasteiger partial charge in [0, 0.05) is 24.7 Å². The molecule has 1 saturated heterocycles. The van der Waals surface area contributed by atoms with Crippen molar-refractivity contribution in [2.45, 2.75) is 38.7 Å². The van der Waals surface area contributed by atoms with Crippen LogP contribution in [0.15, 0.2) is 24.3 Å². The van der Waals surface area contributed by atoms with E-state index in [1.807, 2.05) is 0 Å². The van der Waals surface area contributed by atoms with Gasteiger partial charge in [0.05, 0.1) is 0 Å². The number of likely N-dealkylation sites (tertiary alicyclic amines) is 1. The summed E-state index contributed by atoms with van der Waals surface area (Å²) in [4.78, 5) is 2.15. The monoisotopic (exact) mass is 302 g/mol. The SMILES string of the molecule is CC1CCN(Cc2ccccc2OC(F)(F)F)C(CN)C1. The Bertz CT molecular complexity index is 464. The zero-order valence-electron chi connectivity index (χ0n) is 12.1. The molecule has 1 fully saturated rings. The zero-order chi connectivity index (χ0) is 15.5. The molecule has 1 heterocycles. The molecule has 118 valence electrons. The molecule has 2 atom stereocenters. The Kier molecular flexibility index (Phi) is 5.11. The Labute approximate surface area is 122 Å². The van der Waals surface area contributed by atoms with Gasteiger partial charge < -0.3 is 10.5 Å². The summed E-state index contributed by atoms with van der Waals surface area (Å²) in [5.74, 6) is 0.482. The molecule has 1 aliphatic heterocycles. The fourth-order valence-electron chi connectivity index (χ4n) is 2.83. The van der Waals surface area contributed by atoms with Crippen LogP contribution in [0.4, 0.5) is 13.2 Å². The highest BCUT2D eigenvalue weighted by molar-refractivity contribution is 5.33. The van der Waals surface area contributed by atoms with E-state index < -0.39 is 6.36 Å². The highest BCUT2D eigenvalue weighted by Gasteiger charge is 2.32. The third-order valence-electron chi connectivity index (χ3n) is 3.94. The van der Waals surface area contributed by atoms with Crippen molar-refractivity contribution in [2.24, 2.45) is 11.7 Å². The molecule has 21 heavy (non-hydrogen) atoms. The molecule has 0 radical (unpaired) electrons. The van der Waals surface area contributed by atoms with E-state index in [9.17, 15) is 13.2 Å². The molecule has 0 aromatic heterocycles. The summed E-state index contributed by atoms with van der Waals surface area (Å²) >= 11 is 0. The fraction of sp³-hybridized carbons (Fsp3) is 0.600. The van der Waals surface area contributed by atoms with Gasteiger partial charge in [0.15, 0.2) is 0 Å². The standard InChI is InChI=1S/C15H21F3N2O/c1-11-6-7-20(13(8-11)9-19)10-12-4-2-3-5-14(12)21-15(16,17)18/h2-5,11,13H,6-10,19H2,1H3. The highest BCUT2D eigenvalue weighted by atomic mass is 19.4. The molecule has 0 spiro atoms. The van der Waals surface area contributed by atoms with Gasteiger partial charge in [-0.25, -0.2) is 0 Å². The normalized spacial score (nSPS) is 24.0. The van der Waals surface area contributed by atoms with E-state index in [2.05, 4.69) is 16.6 Å². The Hall–Kier alpha value is -1.27. The Morgan fingerprint density at radius 2 is 2.05 bits per heavy atom. The lowest BCUT2D eigenvalue weighted by molar-refractivity contribution is -0.275. The molecule has 1 aliphatic rings. The number of hydrogen-bond donors (Lipinski definition) is 1. The second kappa shape index (κ2) is 6.66. The number of rotatable bonds is 4. The number of nitrogens with zero attached hydrogens (tertiary/aromatic N) is 1. The number of piperidine rings is 1. The molecule has 1 aromatic carbocycles. The van der Waals surface area contributed by atoms with Gasteiger partial charge in [-0.15, -0.1) is 13.2 Å². The van der Waals surface area contributed by atoms with Crippen LogP contribution < -0.4 is 10.5 Å². The molecule has 6 heteroatoms. The van der Waals surface area contributed by atoms with Crippen LogP contribution in [-0.2, 0) is 6.54 Å². The maximum absolute atomic E-state index is 12.4. The number of nitrogens with two attached hydrogens (primary N) is 1. The van der Waals surface area contributed by atoms with Crippen LogP contribution >= 0.6 is 0 Å². The first kappa shape index (κ1) is 16.1. The van der Waals surface area contributed by atoms with Crippen molar-refractivity contribution in [1.29, 1.82) is 0 Å². The summed E-state index contributed by atoms with van der Waals surface area (Å²) in [6.45, 7) is 3.98. The van der Waals surface area contributed by atoms with Gasteiger partial charge in [-0.1, -0.05) is 25.1 Å². The average Bonchev–Trinajstić information content (AvgIpc) is 2.41. The predicted molar refractivity (Wildman–Crippen MR) is 74.8 cm³/mol. The number of hydrogen-bond acceptors (Lipinski definition) is 3. The molecule has 0 aliphatic carbocycles. The first-order valence-electron chi connectivity index (χ1n) is 7.17. The van der Waals surface area contributed by atoms with E-state index in [0.29, 0.717) is 24.6 Å². The number of para-hydroxylation sites is 1. The van der Waals surface area contributed by atoms with Crippen molar-refractivity contribution < 1.29 is 17.9 Å². The van der Waals surface area contributed by atoms with Crippen LogP contribution in [0.3, 0.4) is 0 Å². The van der Waals surface area contributed by atoms with Gasteiger partial charge in [-0.2, -0.15) is 0 Å². The van der Waals surface area contributed by atoms with E-state index >= 15 is 0 Å². The van der Waals surface area contributed by atoms with Crippen LogP contribution in [0, 0.1) is 5.92 Å². The van der Waals surface area contributed by atoms with Crippen LogP contribution in [0.2, 0.25) is 0 Å². The third-order valence-corrected chi connectivity index (χ3v) is 3.94. The largest absolute Gasteiger partial charge is 0.573 e. The van der Waals surface area contributed by atoms with E-state index in [1.165, 1.54) is 6.07 Å². The van der Waals surface area contributed by atoms with Crippen LogP contribution in [-0.4, -0.2) is 30.4 Å². The van der Waals surface area contributed by atoms with Crippen molar-refractivity contribution in [3.05, 3.63) is 29.8 Å². The lowest BCUT2D eigenvalue weighted by atomic mass is 9.92. The number of benzene rings is 1. The van der Waals surface area contributed by atoms with Gasteiger partial charge in [0.2, 0.25) is 0 Å². The smallest absolute Gasteiger partial charge is 0.405 e. The summed E-state index contributed by atoms with van der Waals surface area (Å²) < 4.78 is 41.4. The Morgan fingerprint density at radius 1 is 1.33 bits per heavy atom. The first-order valence-corrected chi connectivity index (χ1v) is 7.17. The van der Waals surface area contributed by atoms with E-state index in [1.54, 1.807) is 18.2 Å². The molecule has 0 bridgehead atoms. The van der Waals surface area contributed by atoms with Crippen molar-refractivity contribution in [3.8, 4) is 5.75 Å². The van der Waals surface area contributed by atoms with E-state index in [-0.39, 0.29) is 11.8 Å². The zero-order valence-corrected chi connectivity index (χ0v) is 12.1. The molecular weight excluding hydrogens is 281 g/mol. The quantitative estimate of drug-likeness (QED) is 0.928. The summed E-state index contributed by atoms with van der Waals surface area (Å²) in [5.41, 5.74) is 6.34. The van der Waals surface area contributed by atoms with Gasteiger partial charge in [-0.3, -0.25) is 4.90 Å². The number of alkyl halides is 3. The molecule has 2 N–H and O–H groups in total. The van der Waals surface area contributed by atoms with Crippen molar-refractivity contribution >= 4 is 0 Å². The summed E-state index contributed by atoms with van der Waals surface area (Å²) in [6.07, 6.45) is -2.64. The predicted octanol–water partition coefficient (Wildman–Crippen LogP) is 3.14. The minimum Gasteiger partial charge on any atom is -0.405 e. The van der Waals surface area contributed by atoms with E-state index in [0.717, 1.165) is 19.4 Å². The maximum Gasteiger partial charge on any atom is 0.573 e. The topological polar surface area (TPSA) is 38.5 Å². The molecule has 3 nitrogen and oxygen atoms in total. The average molecular weight is 302 g/mol. The van der Waals surface area contributed by atoms with Crippen molar-refractivity contribution in [1.82, 2.24) is 4.90 Å². The second-order valence-corrected chi connectivity index (χ2v) is 5.65. The molecule has 1 aromatic rings. The molecule has 0 amide bonds. The highest BCUT2D eigenvalue weighted by Crippen LogP contribution is 2.29. The number of ether oxygens (including phenoxy) is 1. The summed E-state index contributed by atoms with van der Waals surface area (Å²) in [7, 11) is 0. The minimum atomic E-state index is -4.67. The van der Waals surface area contributed by atoms with Crippen molar-refractivity contribution in [3.63, 3.8) is 0 Å². The van der Waals surface area contributed by atoms with Crippen LogP contribution in [0.5, 0.6) is 5.75 Å². The summed E-state index contributed by atoms with van der Waals surface area (Å²) in [6, 6.07) is 6.51. The van der Waals surface area contributed by atoms with Gasteiger partial charge in [0.25, 0.3) is 0 Å². The molecule has 2 rings (SSSR count). The number of halogens is 3. The minimum absolute atomic E-state index is 0.126. The van der Waals surface area contributed by atoms with Gasteiger partial charge >= 0.3 is 6.36 Å². The lowest BCUT2D eigenvalue weighted by Crippen LogP contribution is -2.45.